The molecule has 0 saturated carbocycles. The minimum atomic E-state index is -4.33. The number of nitrogens with one attached hydrogen (secondary N) is 1. The Morgan fingerprint density at radius 1 is 1.29 bits per heavy atom. The number of carbonyl (C=O) groups is 1. The van der Waals surface area contributed by atoms with E-state index in [1.54, 1.807) is 23.1 Å². The lowest BCUT2D eigenvalue weighted by molar-refractivity contribution is -0.141. The molecule has 0 unspecified atom stereocenters. The summed E-state index contributed by atoms with van der Waals surface area (Å²) in [6, 6.07) is 5.10. The van der Waals surface area contributed by atoms with Gasteiger partial charge in [-0.2, -0.15) is 13.2 Å². The van der Waals surface area contributed by atoms with Gasteiger partial charge in [0.05, 0.1) is 13.1 Å². The highest BCUT2D eigenvalue weighted by Gasteiger charge is 2.29. The number of halogens is 3. The van der Waals surface area contributed by atoms with Gasteiger partial charge in [0.2, 0.25) is 5.91 Å². The molecule has 0 saturated heterocycles. The summed E-state index contributed by atoms with van der Waals surface area (Å²) in [6.45, 7) is 2.27. The van der Waals surface area contributed by atoms with E-state index in [-0.39, 0.29) is 24.8 Å². The Labute approximate surface area is 160 Å². The second kappa shape index (κ2) is 8.51. The zero-order chi connectivity index (χ0) is 20.1. The molecule has 0 bridgehead atoms. The van der Waals surface area contributed by atoms with Crippen LogP contribution < -0.4 is 14.8 Å². The van der Waals surface area contributed by atoms with Crippen LogP contribution in [0.5, 0.6) is 11.5 Å². The summed E-state index contributed by atoms with van der Waals surface area (Å²) < 4.78 is 49.9. The highest BCUT2D eigenvalue weighted by atomic mass is 19.4. The fraction of sp³-hybridized carbons (Fsp3) is 0.444. The number of imidazole rings is 1. The third-order valence-electron chi connectivity index (χ3n) is 4.16. The molecule has 0 aliphatic carbocycles. The second-order valence-electron chi connectivity index (χ2n) is 6.30. The van der Waals surface area contributed by atoms with E-state index in [0.29, 0.717) is 36.9 Å². The van der Waals surface area contributed by atoms with Crippen LogP contribution in [0.4, 0.5) is 18.9 Å². The van der Waals surface area contributed by atoms with Gasteiger partial charge in [-0.05, 0) is 18.7 Å². The van der Waals surface area contributed by atoms with E-state index >= 15 is 0 Å². The van der Waals surface area contributed by atoms with Gasteiger partial charge in [0.25, 0.3) is 0 Å². The van der Waals surface area contributed by atoms with Gasteiger partial charge < -0.3 is 19.4 Å². The van der Waals surface area contributed by atoms with Crippen molar-refractivity contribution in [3.63, 3.8) is 0 Å². The van der Waals surface area contributed by atoms with Crippen molar-refractivity contribution in [1.82, 2.24) is 14.5 Å². The van der Waals surface area contributed by atoms with Crippen LogP contribution in [0.15, 0.2) is 30.6 Å². The highest BCUT2D eigenvalue weighted by molar-refractivity contribution is 5.92. The molecule has 28 heavy (non-hydrogen) atoms. The van der Waals surface area contributed by atoms with Crippen LogP contribution in [0.25, 0.3) is 0 Å². The van der Waals surface area contributed by atoms with E-state index in [9.17, 15) is 18.0 Å². The van der Waals surface area contributed by atoms with E-state index in [2.05, 4.69) is 10.3 Å². The van der Waals surface area contributed by atoms with E-state index in [4.69, 9.17) is 9.47 Å². The zero-order valence-corrected chi connectivity index (χ0v) is 15.3. The molecule has 1 amide bonds. The Morgan fingerprint density at radius 3 is 2.75 bits per heavy atom. The Bertz CT molecular complexity index is 823. The molecular weight excluding hydrogens is 377 g/mol. The van der Waals surface area contributed by atoms with E-state index in [0.717, 1.165) is 4.57 Å². The zero-order valence-electron chi connectivity index (χ0n) is 15.3. The lowest BCUT2D eigenvalue weighted by atomic mass is 10.2. The Balaban J connectivity index is 1.59. The maximum atomic E-state index is 12.6. The van der Waals surface area contributed by atoms with Gasteiger partial charge in [-0.1, -0.05) is 6.92 Å². The van der Waals surface area contributed by atoms with E-state index < -0.39 is 12.7 Å². The van der Waals surface area contributed by atoms with Crippen molar-refractivity contribution in [3.8, 4) is 11.5 Å². The number of ether oxygens (including phenoxy) is 2. The lowest BCUT2D eigenvalue weighted by Gasteiger charge is -2.21. The summed E-state index contributed by atoms with van der Waals surface area (Å²) in [5, 5.41) is 2.77. The number of aromatic nitrogens is 2. The van der Waals surface area contributed by atoms with Crippen LogP contribution in [-0.2, 0) is 17.9 Å². The van der Waals surface area contributed by atoms with Crippen LogP contribution in [0.3, 0.4) is 0 Å². The number of fused-ring (bicyclic) bond motifs is 1. The molecule has 0 spiro atoms. The molecule has 0 fully saturated rings. The van der Waals surface area contributed by atoms with Gasteiger partial charge >= 0.3 is 6.18 Å². The van der Waals surface area contributed by atoms with E-state index in [1.165, 1.54) is 12.4 Å². The topological polar surface area (TPSA) is 68.6 Å². The number of hydrogen-bond acceptors (Lipinski definition) is 5. The third-order valence-corrected chi connectivity index (χ3v) is 4.16. The van der Waals surface area contributed by atoms with Crippen LogP contribution >= 0.6 is 0 Å². The number of rotatable bonds is 7. The first-order valence-corrected chi connectivity index (χ1v) is 8.82. The number of nitrogens with zero attached hydrogens (tertiary/aromatic N) is 3. The molecular formula is C18H21F3N4O3. The lowest BCUT2D eigenvalue weighted by Crippen LogP contribution is -2.34. The Hall–Kier alpha value is -2.75. The standard InChI is InChI=1S/C18H21F3N4O3/c1-2-24(10-16-22-5-6-25(16)12-18(19,20)21)11-17(26)23-13-3-4-14-15(9-13)28-8-7-27-14/h3-6,9H,2,7-8,10-12H2,1H3,(H,23,26). The van der Waals surface area contributed by atoms with Crippen LogP contribution in [-0.4, -0.2) is 52.8 Å². The number of carbonyl (C=O) groups excluding carboxylic acids is 1. The van der Waals surface area contributed by atoms with Crippen molar-refractivity contribution in [1.29, 1.82) is 0 Å². The summed E-state index contributed by atoms with van der Waals surface area (Å²) in [7, 11) is 0. The van der Waals surface area contributed by atoms with Crippen molar-refractivity contribution in [2.45, 2.75) is 26.2 Å². The molecule has 152 valence electrons. The Morgan fingerprint density at radius 2 is 2.04 bits per heavy atom. The summed E-state index contributed by atoms with van der Waals surface area (Å²) in [5.74, 6) is 1.15. The summed E-state index contributed by atoms with van der Waals surface area (Å²) in [5.41, 5.74) is 0.559. The third kappa shape index (κ3) is 5.38. The number of anilines is 1. The molecule has 10 heteroatoms. The summed E-state index contributed by atoms with van der Waals surface area (Å²) in [4.78, 5) is 18.1. The van der Waals surface area contributed by atoms with Crippen molar-refractivity contribution in [3.05, 3.63) is 36.4 Å². The minimum absolute atomic E-state index is 0.0177. The molecule has 7 nitrogen and oxygen atoms in total. The average Bonchev–Trinajstić information content (AvgIpc) is 3.05. The first-order chi connectivity index (χ1) is 13.3. The summed E-state index contributed by atoms with van der Waals surface area (Å²) >= 11 is 0. The molecule has 2 heterocycles. The number of benzene rings is 1. The molecule has 0 atom stereocenters. The van der Waals surface area contributed by atoms with Crippen LogP contribution in [0.1, 0.15) is 12.7 Å². The average molecular weight is 398 g/mol. The molecule has 1 aliphatic heterocycles. The van der Waals surface area contributed by atoms with Gasteiger partial charge in [-0.3, -0.25) is 9.69 Å². The molecule has 1 N–H and O–H groups in total. The van der Waals surface area contributed by atoms with Gasteiger partial charge in [0.1, 0.15) is 25.6 Å². The van der Waals surface area contributed by atoms with Crippen molar-refractivity contribution < 1.29 is 27.4 Å². The van der Waals surface area contributed by atoms with Crippen LogP contribution in [0.2, 0.25) is 0 Å². The van der Waals surface area contributed by atoms with Gasteiger partial charge in [0, 0.05) is 24.1 Å². The van der Waals surface area contributed by atoms with Gasteiger partial charge in [-0.25, -0.2) is 4.98 Å². The van der Waals surface area contributed by atoms with Crippen molar-refractivity contribution >= 4 is 11.6 Å². The van der Waals surface area contributed by atoms with Gasteiger partial charge in [-0.15, -0.1) is 0 Å². The fourth-order valence-corrected chi connectivity index (χ4v) is 2.83. The predicted octanol–water partition coefficient (Wildman–Crippen LogP) is 2.68. The number of hydrogen-bond donors (Lipinski definition) is 1. The quantitative estimate of drug-likeness (QED) is 0.777. The minimum Gasteiger partial charge on any atom is -0.486 e. The van der Waals surface area contributed by atoms with Crippen molar-refractivity contribution in [2.24, 2.45) is 0 Å². The SMILES string of the molecule is CCN(CC(=O)Nc1ccc2c(c1)OCCO2)Cc1nccn1CC(F)(F)F. The fourth-order valence-electron chi connectivity index (χ4n) is 2.83. The Kier molecular flexibility index (Phi) is 6.08. The number of alkyl halides is 3. The molecule has 0 radical (unpaired) electrons. The monoisotopic (exact) mass is 398 g/mol. The molecule has 1 aromatic heterocycles. The highest BCUT2D eigenvalue weighted by Crippen LogP contribution is 2.32. The van der Waals surface area contributed by atoms with Gasteiger partial charge in [0.15, 0.2) is 11.5 Å². The normalized spacial score (nSPS) is 13.6. The largest absolute Gasteiger partial charge is 0.486 e. The van der Waals surface area contributed by atoms with E-state index in [1.807, 2.05) is 6.92 Å². The maximum absolute atomic E-state index is 12.6. The molecule has 2 aromatic rings. The molecule has 1 aliphatic rings. The first-order valence-electron chi connectivity index (χ1n) is 8.82. The predicted molar refractivity (Wildman–Crippen MR) is 95.3 cm³/mol. The number of likely N-dealkylation sites (N-methyl/N-ethyl adjacent to an activating group) is 1. The molecule has 1 aromatic carbocycles. The second-order valence-corrected chi connectivity index (χ2v) is 6.30. The first kappa shape index (κ1) is 20.0. The maximum Gasteiger partial charge on any atom is 0.406 e. The van der Waals surface area contributed by atoms with Crippen molar-refractivity contribution in [2.75, 3.05) is 31.6 Å². The molecule has 3 rings (SSSR count). The number of amides is 1. The summed E-state index contributed by atoms with van der Waals surface area (Å²) in [6.07, 6.45) is -1.72. The smallest absolute Gasteiger partial charge is 0.406 e. The van der Waals surface area contributed by atoms with Crippen LogP contribution in [0, 0.1) is 0 Å².